The molecule has 1 amide bonds. The predicted octanol–water partition coefficient (Wildman–Crippen LogP) is 8.35. The largest absolute Gasteiger partial charge is 0.507 e. The molecule has 0 saturated carbocycles. The number of benzene rings is 8. The summed E-state index contributed by atoms with van der Waals surface area (Å²) in [5.41, 5.74) is -2.25. The third kappa shape index (κ3) is 12.7. The highest BCUT2D eigenvalue weighted by atomic mass is 32.2. The molecule has 8 aromatic carbocycles. The van der Waals surface area contributed by atoms with E-state index in [2.05, 4.69) is 46.2 Å². The minimum absolute atomic E-state index is 0.191. The summed E-state index contributed by atoms with van der Waals surface area (Å²) in [4.78, 5) is 15.5. The van der Waals surface area contributed by atoms with Gasteiger partial charge in [0.05, 0.1) is 22.4 Å². The van der Waals surface area contributed by atoms with Gasteiger partial charge >= 0.3 is 5.97 Å². The maximum Gasteiger partial charge on any atom is 0.339 e. The maximum atomic E-state index is 12.9. The maximum absolute atomic E-state index is 12.9. The lowest BCUT2D eigenvalue weighted by Crippen LogP contribution is -2.07. The van der Waals surface area contributed by atoms with Crippen molar-refractivity contribution in [3.63, 3.8) is 0 Å². The van der Waals surface area contributed by atoms with E-state index < -0.39 is 198 Å². The Kier molecular flexibility index (Phi) is 16.0. The van der Waals surface area contributed by atoms with Gasteiger partial charge in [0.1, 0.15) is 74.8 Å². The molecule has 0 radical (unpaired) electrons. The van der Waals surface area contributed by atoms with Crippen LogP contribution in [0.15, 0.2) is 161 Å². The van der Waals surface area contributed by atoms with Gasteiger partial charge in [-0.2, -0.15) is 60.7 Å². The van der Waals surface area contributed by atoms with Gasteiger partial charge in [0, 0.05) is 28.8 Å². The van der Waals surface area contributed by atoms with Crippen LogP contribution >= 0.6 is 0 Å². The van der Waals surface area contributed by atoms with Crippen molar-refractivity contribution in [2.75, 3.05) is 11.1 Å². The Bertz CT molecular complexity index is 5220. The molecule has 8 aromatic rings. The molecule has 8 rings (SSSR count). The van der Waals surface area contributed by atoms with Crippen LogP contribution in [0.25, 0.3) is 32.3 Å². The lowest BCUT2D eigenvalue weighted by molar-refractivity contribution is -0.114. The van der Waals surface area contributed by atoms with Crippen LogP contribution in [0.1, 0.15) is 17.3 Å². The smallest absolute Gasteiger partial charge is 0.339 e. The molecule has 0 bridgehead atoms. The highest BCUT2D eigenvalue weighted by Crippen LogP contribution is 2.50. The first-order valence-electron chi connectivity index (χ1n) is 22.4. The first kappa shape index (κ1) is 62.4. The summed E-state index contributed by atoms with van der Waals surface area (Å²) in [7, 11) is -32.9. The average molecular weight is 1310 g/mol. The molecule has 0 aliphatic carbocycles. The molecular formula is C45H32N10O25S6. The fourth-order valence-corrected chi connectivity index (χ4v) is 12.0. The summed E-state index contributed by atoms with van der Waals surface area (Å²) in [6, 6.07) is 11.4. The second-order valence-electron chi connectivity index (χ2n) is 17.4. The fraction of sp³-hybridized carbons (Fsp3) is 0.0222. The fourth-order valence-electron chi connectivity index (χ4n) is 8.00. The Morgan fingerprint density at radius 2 is 0.860 bits per heavy atom. The van der Waals surface area contributed by atoms with Crippen molar-refractivity contribution in [3.05, 3.63) is 96.6 Å². The van der Waals surface area contributed by atoms with Gasteiger partial charge in [-0.15, -0.1) is 30.7 Å². The number of anilines is 2. The zero-order valence-electron chi connectivity index (χ0n) is 41.9. The van der Waals surface area contributed by atoms with Crippen LogP contribution in [0, 0.1) is 0 Å². The monoisotopic (exact) mass is 1300 g/mol. The van der Waals surface area contributed by atoms with Crippen LogP contribution < -0.4 is 11.1 Å². The molecule has 0 heterocycles. The van der Waals surface area contributed by atoms with Gasteiger partial charge in [-0.05, 0) is 102 Å². The summed E-state index contributed by atoms with van der Waals surface area (Å²) >= 11 is 0. The van der Waals surface area contributed by atoms with Gasteiger partial charge in [-0.3, -0.25) is 32.1 Å². The molecule has 0 atom stereocenters. The lowest BCUT2D eigenvalue weighted by Gasteiger charge is -2.14. The number of phenols is 4. The zero-order valence-corrected chi connectivity index (χ0v) is 46.8. The van der Waals surface area contributed by atoms with Crippen LogP contribution in [0.2, 0.25) is 0 Å². The van der Waals surface area contributed by atoms with Crippen molar-refractivity contribution in [3.8, 4) is 23.0 Å². The minimum atomic E-state index is -5.64. The second-order valence-corrected chi connectivity index (χ2v) is 25.8. The molecule has 14 N–H and O–H groups in total. The molecule has 0 spiro atoms. The van der Waals surface area contributed by atoms with Crippen LogP contribution in [-0.2, 0) is 65.5 Å². The molecule has 0 saturated heterocycles. The molecule has 0 fully saturated rings. The van der Waals surface area contributed by atoms with Gasteiger partial charge < -0.3 is 36.6 Å². The number of aromatic hydroxyl groups is 4. The number of nitrogens with zero attached hydrogens (tertiary/aromatic N) is 8. The molecular weight excluding hydrogens is 1270 g/mol. The Balaban J connectivity index is 1.27. The summed E-state index contributed by atoms with van der Waals surface area (Å²) in [5.74, 6) is -6.68. The predicted molar refractivity (Wildman–Crippen MR) is 293 cm³/mol. The number of nitrogens with one attached hydrogen (secondary N) is 1. The topological polar surface area (TPSA) is 598 Å². The van der Waals surface area contributed by atoms with E-state index >= 15 is 0 Å². The number of phenolic OH excluding ortho intramolecular Hbond substituents is 3. The van der Waals surface area contributed by atoms with E-state index in [0.717, 1.165) is 61.5 Å². The molecule has 448 valence electrons. The van der Waals surface area contributed by atoms with Crippen LogP contribution in [0.3, 0.4) is 0 Å². The molecule has 0 aliphatic rings. The number of nitrogens with two attached hydrogens (primary N) is 1. The van der Waals surface area contributed by atoms with E-state index in [4.69, 9.17) is 5.73 Å². The molecule has 41 heteroatoms. The first-order chi connectivity index (χ1) is 39.6. The van der Waals surface area contributed by atoms with E-state index in [1.54, 1.807) is 0 Å². The van der Waals surface area contributed by atoms with Gasteiger partial charge in [0.25, 0.3) is 60.7 Å². The van der Waals surface area contributed by atoms with E-state index in [-0.39, 0.29) is 22.1 Å². The normalized spacial score (nSPS) is 13.1. The van der Waals surface area contributed by atoms with Crippen molar-refractivity contribution in [1.29, 1.82) is 0 Å². The van der Waals surface area contributed by atoms with Gasteiger partial charge in [-0.1, -0.05) is 0 Å². The number of hydrogen-bond acceptors (Lipinski definition) is 27. The second kappa shape index (κ2) is 22.1. The Morgan fingerprint density at radius 1 is 0.419 bits per heavy atom. The third-order valence-corrected chi connectivity index (χ3v) is 17.0. The van der Waals surface area contributed by atoms with Crippen LogP contribution in [0.4, 0.5) is 56.9 Å². The average Bonchev–Trinajstić information content (AvgIpc) is 0.763. The zero-order chi connectivity index (χ0) is 63.7. The minimum Gasteiger partial charge on any atom is -0.507 e. The number of amides is 1. The number of carboxylic acids is 1. The highest BCUT2D eigenvalue weighted by molar-refractivity contribution is 7.87. The van der Waals surface area contributed by atoms with Crippen molar-refractivity contribution in [1.82, 2.24) is 0 Å². The summed E-state index contributed by atoms with van der Waals surface area (Å²) < 4.78 is 213. The van der Waals surface area contributed by atoms with Gasteiger partial charge in [-0.25, -0.2) is 4.79 Å². The number of carboxylic acid groups (broad SMARTS) is 1. The number of fused-ring (bicyclic) bond motifs is 3. The summed E-state index contributed by atoms with van der Waals surface area (Å²) in [6.45, 7) is 1.06. The standard InChI is InChI=1S/C45H32N10O25S6/c1-17(56)47-20-3-6-27(33(13-20)83(69,70)71)50-55-40-35(85(75,76)77)11-19-9-32(82(66,67)68)28(14-24(19)43(40)59)51-52-29-16-31(81(63,64)65)26-15-36(86(78,79)80)41(44(60)37(26)38(29)46)54-48-21-2-5-23-18(8-21)10-34(84(72,73)74)39(42(23)58)53-49-22-4-7-30(57)25(12-22)45(61)62/h2-16,57-60H,46H2,1H3,(H,47,56)(H,61,62)(H,63,64,65)(H,66,67,68)(H,69,70,71)(H,72,73,74)(H,75,76,77)(H,78,79,80)/b52-51-,53-49-,54-48-,55-50-. The number of aromatic carboxylic acids is 1. The number of azo groups is 4. The molecule has 86 heavy (non-hydrogen) atoms. The molecule has 35 nitrogen and oxygen atoms in total. The third-order valence-electron chi connectivity index (χ3n) is 11.7. The van der Waals surface area contributed by atoms with E-state index in [1.165, 1.54) is 0 Å². The number of rotatable bonds is 16. The Morgan fingerprint density at radius 3 is 1.40 bits per heavy atom. The summed E-state index contributed by atoms with van der Waals surface area (Å²) in [6.07, 6.45) is 0. The van der Waals surface area contributed by atoms with Gasteiger partial charge in [0.2, 0.25) is 5.91 Å². The highest BCUT2D eigenvalue weighted by Gasteiger charge is 2.31. The van der Waals surface area contributed by atoms with Crippen molar-refractivity contribution in [2.24, 2.45) is 40.9 Å². The van der Waals surface area contributed by atoms with E-state index in [9.17, 15) is 113 Å². The molecule has 0 unspecified atom stereocenters. The Hall–Kier alpha value is -9.66. The molecule has 0 aliphatic heterocycles. The SMILES string of the molecule is CC(=O)Nc1ccc(/N=N\c2c(S(=O)(=O)O)cc3cc(S(=O)(=O)O)c(/N=N\c4cc(S(=O)(=O)O)c5cc(S(=O)(=O)O)c(/N=N\c6ccc7c(O)c(/N=N\c8ccc(O)c(C(=O)O)c8)c(S(=O)(=O)O)cc7c6)c(O)c5c4N)cc3c2O)c(S(=O)(=O)O)c1. The lowest BCUT2D eigenvalue weighted by atomic mass is 10.0. The quantitative estimate of drug-likeness (QED) is 0.0245. The summed E-state index contributed by atoms with van der Waals surface area (Å²) in [5, 5.41) is 81.1. The number of carbonyl (C=O) groups excluding carboxylic acids is 1. The van der Waals surface area contributed by atoms with E-state index in [0.29, 0.717) is 36.4 Å². The Labute approximate surface area is 480 Å². The molecule has 0 aromatic heterocycles. The van der Waals surface area contributed by atoms with E-state index in [1.807, 2.05) is 0 Å². The van der Waals surface area contributed by atoms with Crippen molar-refractivity contribution in [2.45, 2.75) is 36.3 Å². The van der Waals surface area contributed by atoms with Crippen molar-refractivity contribution >= 4 is 162 Å². The first-order valence-corrected chi connectivity index (χ1v) is 31.0. The van der Waals surface area contributed by atoms with Crippen LogP contribution in [-0.4, -0.2) is 115 Å². The number of nitrogen functional groups attached to an aromatic ring is 1. The van der Waals surface area contributed by atoms with Gasteiger partial charge in [0.15, 0.2) is 17.2 Å². The van der Waals surface area contributed by atoms with Crippen LogP contribution in [0.5, 0.6) is 23.0 Å². The number of hydrogen-bond donors (Lipinski definition) is 13. The van der Waals surface area contributed by atoms with Crippen molar-refractivity contribution < 1.29 is 113 Å². The number of carbonyl (C=O) groups is 2.